The molecular formula is C26H30N2O5. The average Bonchev–Trinajstić information content (AvgIpc) is 3.27. The number of rotatable bonds is 9. The van der Waals surface area contributed by atoms with E-state index < -0.39 is 5.97 Å². The Morgan fingerprint density at radius 2 is 1.88 bits per heavy atom. The fourth-order valence-corrected chi connectivity index (χ4v) is 4.54. The zero-order valence-corrected chi connectivity index (χ0v) is 18.8. The smallest absolute Gasteiger partial charge is 0.305 e. The molecule has 1 aliphatic rings. The maximum absolute atomic E-state index is 12.2. The van der Waals surface area contributed by atoms with Gasteiger partial charge in [0.25, 0.3) is 5.91 Å². The second-order valence-electron chi connectivity index (χ2n) is 8.52. The van der Waals surface area contributed by atoms with Gasteiger partial charge in [-0.2, -0.15) is 0 Å². The maximum atomic E-state index is 12.2. The van der Waals surface area contributed by atoms with Gasteiger partial charge in [0.2, 0.25) is 0 Å². The number of para-hydroxylation sites is 1. The minimum Gasteiger partial charge on any atom is -0.493 e. The van der Waals surface area contributed by atoms with Crippen LogP contribution in [-0.2, 0) is 4.79 Å². The van der Waals surface area contributed by atoms with E-state index in [0.29, 0.717) is 11.5 Å². The van der Waals surface area contributed by atoms with Crippen LogP contribution in [0, 0.1) is 5.92 Å². The number of nitrogens with one attached hydrogen (secondary N) is 2. The van der Waals surface area contributed by atoms with Crippen molar-refractivity contribution in [2.75, 3.05) is 19.0 Å². The van der Waals surface area contributed by atoms with Crippen LogP contribution in [0.1, 0.15) is 60.7 Å². The summed E-state index contributed by atoms with van der Waals surface area (Å²) in [5, 5.41) is 16.0. The number of hydrogen-bond acceptors (Lipinski definition) is 5. The monoisotopic (exact) mass is 450 g/mol. The summed E-state index contributed by atoms with van der Waals surface area (Å²) in [5.41, 5.74) is 2.15. The zero-order chi connectivity index (χ0) is 23.2. The van der Waals surface area contributed by atoms with Gasteiger partial charge in [-0.1, -0.05) is 31.4 Å². The van der Waals surface area contributed by atoms with E-state index in [4.69, 9.17) is 14.3 Å². The van der Waals surface area contributed by atoms with Crippen molar-refractivity contribution in [3.05, 3.63) is 59.9 Å². The van der Waals surface area contributed by atoms with Crippen molar-refractivity contribution in [2.24, 2.45) is 5.92 Å². The molecule has 3 N–H and O–H groups in total. The predicted octanol–water partition coefficient (Wildman–Crippen LogP) is 5.38. The largest absolute Gasteiger partial charge is 0.493 e. The lowest BCUT2D eigenvalue weighted by molar-refractivity contribution is -0.136. The maximum Gasteiger partial charge on any atom is 0.305 e. The van der Waals surface area contributed by atoms with Gasteiger partial charge < -0.3 is 24.9 Å². The molecule has 3 aromatic rings. The molecule has 7 heteroatoms. The second kappa shape index (κ2) is 10.4. The minimum absolute atomic E-state index is 0.0117. The number of ether oxygens (including phenoxy) is 1. The Hall–Kier alpha value is -3.48. The van der Waals surface area contributed by atoms with Crippen molar-refractivity contribution >= 4 is 28.5 Å². The number of carboxylic acids is 1. The summed E-state index contributed by atoms with van der Waals surface area (Å²) < 4.78 is 11.8. The van der Waals surface area contributed by atoms with E-state index >= 15 is 0 Å². The summed E-state index contributed by atoms with van der Waals surface area (Å²) in [6.07, 6.45) is 5.86. The summed E-state index contributed by atoms with van der Waals surface area (Å²) >= 11 is 0. The van der Waals surface area contributed by atoms with Gasteiger partial charge in [-0.25, -0.2) is 0 Å². The fraction of sp³-hybridized carbons (Fsp3) is 0.385. The molecule has 1 aromatic heterocycles. The first-order valence-corrected chi connectivity index (χ1v) is 11.5. The molecule has 0 radical (unpaired) electrons. The van der Waals surface area contributed by atoms with Crippen LogP contribution in [0.3, 0.4) is 0 Å². The van der Waals surface area contributed by atoms with Crippen LogP contribution in [0.4, 0.5) is 5.69 Å². The van der Waals surface area contributed by atoms with Crippen LogP contribution in [0.15, 0.2) is 52.9 Å². The molecule has 4 rings (SSSR count). The molecule has 1 unspecified atom stereocenters. The highest BCUT2D eigenvalue weighted by molar-refractivity contribution is 5.94. The van der Waals surface area contributed by atoms with Crippen LogP contribution in [0.5, 0.6) is 5.75 Å². The number of carbonyl (C=O) groups is 2. The average molecular weight is 451 g/mol. The Morgan fingerprint density at radius 1 is 1.12 bits per heavy atom. The lowest BCUT2D eigenvalue weighted by Crippen LogP contribution is -2.26. The van der Waals surface area contributed by atoms with E-state index in [9.17, 15) is 9.59 Å². The molecule has 1 heterocycles. The van der Waals surface area contributed by atoms with Crippen molar-refractivity contribution in [1.82, 2.24) is 5.32 Å². The molecule has 1 amide bonds. The Labute approximate surface area is 193 Å². The summed E-state index contributed by atoms with van der Waals surface area (Å²) in [7, 11) is 1.65. The topological polar surface area (TPSA) is 101 Å². The zero-order valence-electron chi connectivity index (χ0n) is 18.8. The van der Waals surface area contributed by atoms with Gasteiger partial charge in [0.15, 0.2) is 11.3 Å². The molecule has 1 atom stereocenters. The highest BCUT2D eigenvalue weighted by Crippen LogP contribution is 2.40. The number of furan rings is 1. The van der Waals surface area contributed by atoms with Crippen molar-refractivity contribution in [3.8, 4) is 5.75 Å². The second-order valence-corrected chi connectivity index (χ2v) is 8.52. The third kappa shape index (κ3) is 5.48. The van der Waals surface area contributed by atoms with Gasteiger partial charge in [0.1, 0.15) is 5.76 Å². The van der Waals surface area contributed by atoms with Gasteiger partial charge in [-0.3, -0.25) is 9.59 Å². The minimum atomic E-state index is -0.938. The predicted molar refractivity (Wildman–Crippen MR) is 127 cm³/mol. The number of anilines is 1. The van der Waals surface area contributed by atoms with Crippen molar-refractivity contribution in [2.45, 2.75) is 44.6 Å². The van der Waals surface area contributed by atoms with Crippen LogP contribution in [0.25, 0.3) is 11.0 Å². The van der Waals surface area contributed by atoms with Gasteiger partial charge >= 0.3 is 5.97 Å². The third-order valence-corrected chi connectivity index (χ3v) is 6.27. The number of carboxylic acid groups (broad SMARTS) is 1. The van der Waals surface area contributed by atoms with Crippen LogP contribution >= 0.6 is 0 Å². The number of carbonyl (C=O) groups excluding carboxylic acids is 1. The molecule has 1 saturated carbocycles. The first-order chi connectivity index (χ1) is 16.0. The van der Waals surface area contributed by atoms with Crippen LogP contribution < -0.4 is 15.4 Å². The molecule has 0 bridgehead atoms. The molecular weight excluding hydrogens is 420 g/mol. The van der Waals surface area contributed by atoms with Crippen molar-refractivity contribution < 1.29 is 23.8 Å². The van der Waals surface area contributed by atoms with E-state index in [1.54, 1.807) is 19.2 Å². The number of benzene rings is 2. The van der Waals surface area contributed by atoms with Crippen molar-refractivity contribution in [1.29, 1.82) is 0 Å². The van der Waals surface area contributed by atoms with Gasteiger partial charge in [-0.15, -0.1) is 0 Å². The van der Waals surface area contributed by atoms with Gasteiger partial charge in [0.05, 0.1) is 19.6 Å². The standard InChI is InChI=1S/C26H30N2O5/c1-32-21-9-5-8-19-16-22(33-25(19)21)24(17-6-3-2-4-7-17)28-20-12-10-18(11-13-20)26(31)27-15-14-23(29)30/h5,8-13,16-17,24,28H,2-4,6-7,14-15H2,1H3,(H,27,31)(H,29,30). The number of hydrogen-bond donors (Lipinski definition) is 3. The Morgan fingerprint density at radius 3 is 2.58 bits per heavy atom. The summed E-state index contributed by atoms with van der Waals surface area (Å²) in [4.78, 5) is 22.9. The van der Waals surface area contributed by atoms with E-state index in [1.807, 2.05) is 30.3 Å². The number of amides is 1. The quantitative estimate of drug-likeness (QED) is 0.405. The normalized spacial score (nSPS) is 15.2. The van der Waals surface area contributed by atoms with Gasteiger partial charge in [0, 0.05) is 23.2 Å². The highest BCUT2D eigenvalue weighted by Gasteiger charge is 2.28. The fourth-order valence-electron chi connectivity index (χ4n) is 4.54. The third-order valence-electron chi connectivity index (χ3n) is 6.27. The van der Waals surface area contributed by atoms with Crippen molar-refractivity contribution in [3.63, 3.8) is 0 Å². The molecule has 1 aliphatic carbocycles. The first kappa shape index (κ1) is 22.7. The summed E-state index contributed by atoms with van der Waals surface area (Å²) in [6.45, 7) is 0.105. The van der Waals surface area contributed by atoms with E-state index in [0.717, 1.165) is 41.0 Å². The summed E-state index contributed by atoms with van der Waals surface area (Å²) in [6, 6.07) is 15.3. The lowest BCUT2D eigenvalue weighted by Gasteiger charge is -2.30. The van der Waals surface area contributed by atoms with E-state index in [2.05, 4.69) is 16.7 Å². The van der Waals surface area contributed by atoms with Crippen LogP contribution in [-0.4, -0.2) is 30.6 Å². The lowest BCUT2D eigenvalue weighted by atomic mass is 9.82. The summed E-state index contributed by atoms with van der Waals surface area (Å²) in [5.74, 6) is 0.836. The number of aliphatic carboxylic acids is 1. The van der Waals surface area contributed by atoms with Gasteiger partial charge in [-0.05, 0) is 55.2 Å². The Kier molecular flexibility index (Phi) is 7.17. The molecule has 7 nitrogen and oxygen atoms in total. The van der Waals surface area contributed by atoms with E-state index in [-0.39, 0.29) is 24.9 Å². The molecule has 33 heavy (non-hydrogen) atoms. The highest BCUT2D eigenvalue weighted by atomic mass is 16.5. The Balaban J connectivity index is 1.54. The number of fused-ring (bicyclic) bond motifs is 1. The molecule has 174 valence electrons. The SMILES string of the molecule is COc1cccc2cc(C(Nc3ccc(C(=O)NCCC(=O)O)cc3)C3CCCCC3)oc12. The molecule has 1 fully saturated rings. The Bertz CT molecular complexity index is 1100. The van der Waals surface area contributed by atoms with E-state index in [1.165, 1.54) is 19.3 Å². The number of methoxy groups -OCH3 is 1. The molecule has 0 saturated heterocycles. The molecule has 2 aromatic carbocycles. The molecule has 0 spiro atoms. The first-order valence-electron chi connectivity index (χ1n) is 11.5. The molecule has 0 aliphatic heterocycles. The van der Waals surface area contributed by atoms with Crippen LogP contribution in [0.2, 0.25) is 0 Å².